The molecule has 0 spiro atoms. The second-order valence-corrected chi connectivity index (χ2v) is 36.6. The largest absolute Gasteiger partial charge is 0.492 e. The molecule has 33 nitrogen and oxygen atoms in total. The molecule has 0 radical (unpaired) electrons. The van der Waals surface area contributed by atoms with Gasteiger partial charge in [-0.05, 0) is 249 Å². The van der Waals surface area contributed by atoms with Crippen LogP contribution in [0.1, 0.15) is 100 Å². The number of pyridine rings is 3. The van der Waals surface area contributed by atoms with Gasteiger partial charge >= 0.3 is 0 Å². The van der Waals surface area contributed by atoms with Crippen molar-refractivity contribution in [2.24, 2.45) is 5.92 Å². The first-order valence-electron chi connectivity index (χ1n) is 49.5. The molecular weight excluding hydrogens is 1930 g/mol. The predicted octanol–water partition coefficient (Wildman–Crippen LogP) is 19.3. The number of benzene rings is 9. The maximum absolute atomic E-state index is 12.6. The minimum atomic E-state index is -0.336. The summed E-state index contributed by atoms with van der Waals surface area (Å²) in [5.41, 5.74) is 7.98. The van der Waals surface area contributed by atoms with Crippen LogP contribution in [-0.2, 0) is 11.3 Å². The van der Waals surface area contributed by atoms with Gasteiger partial charge in [0, 0.05) is 76.0 Å². The van der Waals surface area contributed by atoms with Gasteiger partial charge in [0.15, 0.2) is 69.0 Å². The van der Waals surface area contributed by atoms with Crippen LogP contribution in [0.3, 0.4) is 0 Å². The first-order chi connectivity index (χ1) is 72.6. The highest BCUT2D eigenvalue weighted by Crippen LogP contribution is 2.45. The Morgan fingerprint density at radius 1 is 0.413 bits per heavy atom. The number of amides is 5. The quantitative estimate of drug-likeness (QED) is 0.0235. The molecule has 5 atom stereocenters. The number of hydrogen-bond acceptors (Lipinski definition) is 28. The van der Waals surface area contributed by atoms with Gasteiger partial charge in [-0.1, -0.05) is 118 Å². The third-order valence-electron chi connectivity index (χ3n) is 24.0. The number of halogens is 1. The molecule has 150 heavy (non-hydrogen) atoms. The van der Waals surface area contributed by atoms with Crippen molar-refractivity contribution in [2.45, 2.75) is 89.9 Å². The van der Waals surface area contributed by atoms with E-state index in [0.717, 1.165) is 125 Å². The van der Waals surface area contributed by atoms with E-state index in [2.05, 4.69) is 84.8 Å². The Labute approximate surface area is 878 Å². The average molecular weight is 2060 g/mol. The van der Waals surface area contributed by atoms with Crippen LogP contribution in [-0.4, -0.2) is 232 Å². The molecule has 1 fully saturated rings. The fourth-order valence-corrected chi connectivity index (χ4v) is 16.3. The lowest BCUT2D eigenvalue weighted by Crippen LogP contribution is -2.43. The van der Waals surface area contributed by atoms with Crippen LogP contribution < -0.4 is 98.2 Å². The first-order valence-corrected chi connectivity index (χ1v) is 49.9. The molecule has 5 amide bonds. The van der Waals surface area contributed by atoms with Crippen LogP contribution in [0, 0.1) is 5.92 Å². The Morgan fingerprint density at radius 2 is 0.907 bits per heavy atom. The summed E-state index contributed by atoms with van der Waals surface area (Å²) in [6, 6.07) is 81.9. The maximum atomic E-state index is 12.6. The number of aromatic nitrogens is 3. The predicted molar refractivity (Wildman–Crippen MR) is 575 cm³/mol. The van der Waals surface area contributed by atoms with Crippen molar-refractivity contribution in [3.63, 3.8) is 0 Å². The molecule has 10 heterocycles. The number of carbonyl (C=O) groups is 5. The van der Waals surface area contributed by atoms with Crippen molar-refractivity contribution in [3.8, 4) is 103 Å². The van der Waals surface area contributed by atoms with Gasteiger partial charge in [0.1, 0.15) is 99.8 Å². The lowest BCUT2D eigenvalue weighted by atomic mass is 9.88. The normalized spacial score (nSPS) is 15.6. The third-order valence-corrected chi connectivity index (χ3v) is 24.2. The van der Waals surface area contributed by atoms with Crippen molar-refractivity contribution in [3.05, 3.63) is 313 Å². The number of hydrogen-bond donors (Lipinski definition) is 6. The molecule has 0 bridgehead atoms. The number of carbonyl (C=O) groups excluding carboxylic acids is 5. The van der Waals surface area contributed by atoms with Gasteiger partial charge in [-0.2, -0.15) is 0 Å². The fraction of sp³-hybridized carbons (Fsp3) is 0.310. The van der Waals surface area contributed by atoms with Crippen molar-refractivity contribution in [2.75, 3.05) is 153 Å². The smallest absolute Gasteiger partial charge is 0.292 e. The van der Waals surface area contributed by atoms with Crippen LogP contribution >= 0.6 is 11.6 Å². The van der Waals surface area contributed by atoms with Crippen LogP contribution in [0.5, 0.6) is 80.8 Å². The Hall–Kier alpha value is -16.2. The van der Waals surface area contributed by atoms with Crippen molar-refractivity contribution >= 4 is 69.2 Å². The molecule has 9 aromatic carbocycles. The average Bonchev–Trinajstić information content (AvgIpc) is 0.880. The van der Waals surface area contributed by atoms with Gasteiger partial charge in [0.25, 0.3) is 23.6 Å². The van der Waals surface area contributed by atoms with Gasteiger partial charge in [-0.25, -0.2) is 15.0 Å². The SMILES string of the molecule is C.CCC1COc2cc(Cl)ccc2O1.CN(C)CCOc1ccc(C(=O)NCC2COc3ccccc3O2)cc1.COc1cccc(-c2cccc3c2OC(CNC(=O)c2ccc(OCCN(C)C)cc2)CO3)n1.COc1nc(-c2cccc3c2O[C@H](CNC(=O)C2CCCCC2)CO3)ccc1Nc1cccc(CN(C)C)c1.O=C(NCC1COc2ccccc2O1)c1ccco1.O=C(Nc1ccc2ccccc2n1)c1ccco1. The zero-order valence-electron chi connectivity index (χ0n) is 84.8. The number of fused-ring (bicyclic) bond motifs is 6. The molecular formula is C116H129ClN12O21. The summed E-state index contributed by atoms with van der Waals surface area (Å²) in [6.45, 7) is 9.43. The Morgan fingerprint density at radius 3 is 1.46 bits per heavy atom. The Bertz CT molecular complexity index is 6700. The van der Waals surface area contributed by atoms with Gasteiger partial charge in [-0.15, -0.1) is 0 Å². The number of nitrogens with one attached hydrogen (secondary N) is 6. The summed E-state index contributed by atoms with van der Waals surface area (Å²) >= 11 is 5.81. The maximum Gasteiger partial charge on any atom is 0.292 e. The first kappa shape index (κ1) is 109. The number of methoxy groups -OCH3 is 2. The zero-order valence-corrected chi connectivity index (χ0v) is 85.6. The zero-order chi connectivity index (χ0) is 104. The van der Waals surface area contributed by atoms with Crippen molar-refractivity contribution in [1.29, 1.82) is 0 Å². The Balaban J connectivity index is 0.000000146. The second kappa shape index (κ2) is 55.5. The van der Waals surface area contributed by atoms with Gasteiger partial charge in [0.2, 0.25) is 17.7 Å². The van der Waals surface area contributed by atoms with Crippen molar-refractivity contribution < 1.29 is 99.1 Å². The van der Waals surface area contributed by atoms with E-state index in [1.165, 1.54) is 24.5 Å². The highest BCUT2D eigenvalue weighted by atomic mass is 35.5. The van der Waals surface area contributed by atoms with E-state index < -0.39 is 0 Å². The Kier molecular flexibility index (Phi) is 40.5. The van der Waals surface area contributed by atoms with Gasteiger partial charge < -0.3 is 122 Å². The molecule has 786 valence electrons. The van der Waals surface area contributed by atoms with E-state index in [1.807, 2.05) is 197 Å². The molecule has 20 rings (SSSR count). The molecule has 6 N–H and O–H groups in total. The van der Waals surface area contributed by atoms with Crippen LogP contribution in [0.2, 0.25) is 5.02 Å². The number of ether oxygens (including phenoxy) is 14. The monoisotopic (exact) mass is 2060 g/mol. The molecule has 5 aromatic heterocycles. The molecule has 0 saturated heterocycles. The van der Waals surface area contributed by atoms with Crippen LogP contribution in [0.4, 0.5) is 17.2 Å². The van der Waals surface area contributed by atoms with Gasteiger partial charge in [0.05, 0.1) is 69.8 Å². The minimum Gasteiger partial charge on any atom is -0.492 e. The summed E-state index contributed by atoms with van der Waals surface area (Å²) in [6.07, 6.45) is 8.47. The number of nitrogens with zero attached hydrogens (tertiary/aromatic N) is 6. The van der Waals surface area contributed by atoms with Gasteiger partial charge in [-0.3, -0.25) is 24.0 Å². The summed E-state index contributed by atoms with van der Waals surface area (Å²) in [4.78, 5) is 80.9. The lowest BCUT2D eigenvalue weighted by Gasteiger charge is -2.29. The second-order valence-electron chi connectivity index (χ2n) is 36.2. The van der Waals surface area contributed by atoms with E-state index in [-0.39, 0.29) is 84.9 Å². The van der Waals surface area contributed by atoms with E-state index in [0.29, 0.717) is 146 Å². The number of para-hydroxylation sites is 7. The molecule has 34 heteroatoms. The minimum absolute atomic E-state index is 0. The summed E-state index contributed by atoms with van der Waals surface area (Å²) in [7, 11) is 15.3. The standard InChI is InChI=1S/C31H38N4O4.C26H29N3O5.C20H24N2O4.C14H10N2O2.C14H13NO4.C10H11ClO2.CH4/c1-35(2)19-21-9-7-12-23(17-21)33-27-16-15-26(34-31(27)37-3)25-13-8-14-28-29(25)39-24(20-38-28)18-32-30(36)22-10-5-4-6-11-22;1-29(2)14-15-32-19-12-10-18(11-13-19)26(30)27-16-20-17-33-23-8-4-6-21(25(23)34-20)22-7-5-9-24(28-22)31-3;1-22(2)11-12-24-16-9-7-15(8-10-16)20(23)21-13-17-14-25-18-5-3-4-6-19(18)26-17;17-14(12-6-3-9-18-12)16-13-8-7-10-4-1-2-5-11(10)15-13;16-14(13-6-3-7-17-13)15-8-10-9-18-11-4-1-2-5-12(11)19-10;1-2-8-6-12-10-5-7(11)3-4-9(10)13-8;/h7-9,12-17,22,24,33H,4-6,10-11,18-20H2,1-3H3,(H,32,36);4-13,20H,14-17H2,1-3H3,(H,27,30);3-10,17H,11-14H2,1-2H3,(H,21,23);1-9H,(H,15,16,17);1-7,10H,8-9H2,(H,15,16);3-5,8H,2,6H2,1H3;1H4/t24-;;;;;;/m1....../s1. The highest BCUT2D eigenvalue weighted by Gasteiger charge is 2.32. The van der Waals surface area contributed by atoms with Crippen molar-refractivity contribution in [1.82, 2.24) is 50.9 Å². The topological polar surface area (TPSA) is 361 Å². The van der Waals surface area contributed by atoms with Crippen LogP contribution in [0.15, 0.2) is 288 Å². The fourth-order valence-electron chi connectivity index (χ4n) is 16.1. The summed E-state index contributed by atoms with van der Waals surface area (Å²) in [5.74, 6) is 9.88. The lowest BCUT2D eigenvalue weighted by molar-refractivity contribution is -0.126. The molecule has 5 aliphatic heterocycles. The summed E-state index contributed by atoms with van der Waals surface area (Å²) < 4.78 is 90.7. The van der Waals surface area contributed by atoms with E-state index in [4.69, 9.17) is 91.7 Å². The molecule has 14 aromatic rings. The van der Waals surface area contributed by atoms with E-state index in [9.17, 15) is 24.0 Å². The number of rotatable bonds is 31. The van der Waals surface area contributed by atoms with E-state index >= 15 is 0 Å². The number of furan rings is 2. The molecule has 4 unspecified atom stereocenters. The third kappa shape index (κ3) is 32.1. The number of anilines is 3. The molecule has 1 aliphatic carbocycles. The summed E-state index contributed by atoms with van der Waals surface area (Å²) in [5, 5.41) is 19.5. The number of likely N-dealkylation sites (N-methyl/N-ethyl adjacent to an activating group) is 2. The molecule has 1 saturated carbocycles. The highest BCUT2D eigenvalue weighted by molar-refractivity contribution is 6.30. The molecule has 6 aliphatic rings. The van der Waals surface area contributed by atoms with Crippen LogP contribution in [0.25, 0.3) is 33.4 Å². The van der Waals surface area contributed by atoms with E-state index in [1.54, 1.807) is 105 Å².